The highest BCUT2D eigenvalue weighted by atomic mass is 35.5. The second-order valence-electron chi connectivity index (χ2n) is 6.15. The van der Waals surface area contributed by atoms with Crippen molar-refractivity contribution >= 4 is 27.1 Å². The smallest absolute Gasteiger partial charge is 0.178 e. The molecule has 0 bridgehead atoms. The molecule has 0 radical (unpaired) electrons. The summed E-state index contributed by atoms with van der Waals surface area (Å²) in [5, 5.41) is 3.37. The van der Waals surface area contributed by atoms with Crippen molar-refractivity contribution < 1.29 is 8.42 Å². The lowest BCUT2D eigenvalue weighted by molar-refractivity contribution is 0.355. The van der Waals surface area contributed by atoms with Gasteiger partial charge in [0.15, 0.2) is 9.84 Å². The van der Waals surface area contributed by atoms with Gasteiger partial charge in [-0.15, -0.1) is 11.6 Å². The summed E-state index contributed by atoms with van der Waals surface area (Å²) in [6.45, 7) is 7.11. The van der Waals surface area contributed by atoms with Crippen molar-refractivity contribution in [2.45, 2.75) is 44.9 Å². The number of hydrogen-bond acceptors (Lipinski definition) is 3. The van der Waals surface area contributed by atoms with E-state index in [1.165, 1.54) is 0 Å². The summed E-state index contributed by atoms with van der Waals surface area (Å²) in [6.07, 6.45) is 2.70. The van der Waals surface area contributed by atoms with Gasteiger partial charge < -0.3 is 5.32 Å². The molecule has 3 nitrogen and oxygen atoms in total. The number of benzene rings is 1. The van der Waals surface area contributed by atoms with Gasteiger partial charge in [0, 0.05) is 18.1 Å². The van der Waals surface area contributed by atoms with Gasteiger partial charge in [0.1, 0.15) is 0 Å². The van der Waals surface area contributed by atoms with E-state index in [4.69, 9.17) is 11.6 Å². The van der Waals surface area contributed by atoms with Crippen LogP contribution in [0.2, 0.25) is 0 Å². The molecule has 1 aromatic rings. The largest absolute Gasteiger partial charge is 0.385 e. The summed E-state index contributed by atoms with van der Waals surface area (Å²) in [5.41, 5.74) is 1.12. The van der Waals surface area contributed by atoms with Crippen molar-refractivity contribution in [1.82, 2.24) is 0 Å². The fraction of sp³-hybridized carbons (Fsp3) is 0.625. The number of anilines is 1. The third-order valence-corrected chi connectivity index (χ3v) is 5.65. The molecule has 1 rings (SSSR count). The average Bonchev–Trinajstić information content (AvgIpc) is 2.44. The van der Waals surface area contributed by atoms with Crippen molar-refractivity contribution in [2.24, 2.45) is 5.41 Å². The molecule has 0 aliphatic heterocycles. The third-order valence-electron chi connectivity index (χ3n) is 3.44. The van der Waals surface area contributed by atoms with E-state index in [2.05, 4.69) is 19.2 Å². The Labute approximate surface area is 134 Å². The van der Waals surface area contributed by atoms with Crippen molar-refractivity contribution in [1.29, 1.82) is 0 Å². The molecule has 0 spiro atoms. The molecule has 0 aliphatic carbocycles. The first kappa shape index (κ1) is 18.3. The Bertz CT molecular complexity index is 524. The van der Waals surface area contributed by atoms with E-state index >= 15 is 0 Å². The minimum Gasteiger partial charge on any atom is -0.385 e. The van der Waals surface area contributed by atoms with Gasteiger partial charge in [0.25, 0.3) is 0 Å². The van der Waals surface area contributed by atoms with Crippen LogP contribution in [0.15, 0.2) is 29.2 Å². The summed E-state index contributed by atoms with van der Waals surface area (Å²) in [7, 11) is -3.12. The van der Waals surface area contributed by atoms with Gasteiger partial charge in [0.2, 0.25) is 0 Å². The molecule has 0 aliphatic rings. The topological polar surface area (TPSA) is 46.2 Å². The first-order valence-electron chi connectivity index (χ1n) is 7.43. The quantitative estimate of drug-likeness (QED) is 0.685. The van der Waals surface area contributed by atoms with Crippen molar-refractivity contribution in [3.05, 3.63) is 24.3 Å². The summed E-state index contributed by atoms with van der Waals surface area (Å²) in [4.78, 5) is 0.399. The molecule has 0 atom stereocenters. The van der Waals surface area contributed by atoms with E-state index < -0.39 is 9.84 Å². The van der Waals surface area contributed by atoms with Crippen LogP contribution < -0.4 is 5.32 Å². The number of hydrogen-bond donors (Lipinski definition) is 1. The van der Waals surface area contributed by atoms with Crippen LogP contribution in [0.1, 0.15) is 40.0 Å². The fourth-order valence-corrected chi connectivity index (χ4v) is 3.60. The monoisotopic (exact) mass is 331 g/mol. The van der Waals surface area contributed by atoms with Gasteiger partial charge in [-0.1, -0.05) is 20.8 Å². The number of halogens is 1. The second-order valence-corrected chi connectivity index (χ2v) is 8.64. The first-order valence-corrected chi connectivity index (χ1v) is 9.62. The second kappa shape index (κ2) is 8.04. The molecule has 0 saturated carbocycles. The van der Waals surface area contributed by atoms with Crippen molar-refractivity contribution in [3.63, 3.8) is 0 Å². The first-order chi connectivity index (χ1) is 9.80. The predicted octanol–water partition coefficient (Wildman–Crippen LogP) is 4.33. The van der Waals surface area contributed by atoms with Crippen LogP contribution >= 0.6 is 11.6 Å². The Hall–Kier alpha value is -0.740. The molecule has 0 heterocycles. The minimum absolute atomic E-state index is 0.169. The molecule has 0 fully saturated rings. The summed E-state index contributed by atoms with van der Waals surface area (Å²) in [5.74, 6) is 0.888. The van der Waals surface area contributed by atoms with Crippen LogP contribution in [0.25, 0.3) is 0 Å². The van der Waals surface area contributed by atoms with Gasteiger partial charge in [0.05, 0.1) is 10.6 Å². The van der Waals surface area contributed by atoms with Crippen LogP contribution in [0, 0.1) is 5.41 Å². The van der Waals surface area contributed by atoms with Crippen molar-refractivity contribution in [2.75, 3.05) is 23.5 Å². The Morgan fingerprint density at radius 1 is 1.19 bits per heavy atom. The van der Waals surface area contributed by atoms with E-state index in [0.29, 0.717) is 17.2 Å². The molecule has 0 unspecified atom stereocenters. The average molecular weight is 332 g/mol. The van der Waals surface area contributed by atoms with Gasteiger partial charge in [-0.2, -0.15) is 0 Å². The maximum absolute atomic E-state index is 11.9. The summed E-state index contributed by atoms with van der Waals surface area (Å²) < 4.78 is 23.9. The molecule has 1 N–H and O–H groups in total. The van der Waals surface area contributed by atoms with Crippen molar-refractivity contribution in [3.8, 4) is 0 Å². The Kier molecular flexibility index (Phi) is 7.01. The Morgan fingerprint density at radius 3 is 2.33 bits per heavy atom. The van der Waals surface area contributed by atoms with Crippen LogP contribution in [-0.4, -0.2) is 26.6 Å². The molecule has 21 heavy (non-hydrogen) atoms. The van der Waals surface area contributed by atoms with E-state index in [1.54, 1.807) is 12.1 Å². The van der Waals surface area contributed by atoms with E-state index in [1.807, 2.05) is 19.1 Å². The zero-order valence-corrected chi connectivity index (χ0v) is 14.7. The van der Waals surface area contributed by atoms with Crippen LogP contribution in [0.3, 0.4) is 0 Å². The normalized spacial score (nSPS) is 12.4. The zero-order chi connectivity index (χ0) is 15.9. The molecule has 120 valence electrons. The van der Waals surface area contributed by atoms with E-state index in [0.717, 1.165) is 25.1 Å². The highest BCUT2D eigenvalue weighted by Crippen LogP contribution is 2.24. The van der Waals surface area contributed by atoms with Gasteiger partial charge in [-0.25, -0.2) is 8.42 Å². The lowest BCUT2D eigenvalue weighted by atomic mass is 9.88. The predicted molar refractivity (Wildman–Crippen MR) is 91.0 cm³/mol. The van der Waals surface area contributed by atoms with Gasteiger partial charge >= 0.3 is 0 Å². The third kappa shape index (κ3) is 6.27. The van der Waals surface area contributed by atoms with Gasteiger partial charge in [-0.05, 0) is 48.9 Å². The SMILES string of the molecule is CCCS(=O)(=O)c1ccc(NCC(C)(C)CCCCl)cc1. The number of rotatable bonds is 9. The Morgan fingerprint density at radius 2 is 1.81 bits per heavy atom. The zero-order valence-electron chi connectivity index (χ0n) is 13.2. The summed E-state index contributed by atoms with van der Waals surface area (Å²) in [6, 6.07) is 7.03. The lowest BCUT2D eigenvalue weighted by Gasteiger charge is -2.25. The molecule has 1 aromatic carbocycles. The number of sulfone groups is 1. The highest BCUT2D eigenvalue weighted by molar-refractivity contribution is 7.91. The fourth-order valence-electron chi connectivity index (χ4n) is 2.14. The Balaban J connectivity index is 2.63. The molecular weight excluding hydrogens is 306 g/mol. The van der Waals surface area contributed by atoms with Crippen LogP contribution in [-0.2, 0) is 9.84 Å². The maximum Gasteiger partial charge on any atom is 0.178 e. The molecule has 0 saturated heterocycles. The summed E-state index contributed by atoms with van der Waals surface area (Å²) >= 11 is 5.73. The molecule has 5 heteroatoms. The van der Waals surface area contributed by atoms with Crippen LogP contribution in [0.5, 0.6) is 0 Å². The molecule has 0 amide bonds. The molecule has 0 aromatic heterocycles. The highest BCUT2D eigenvalue weighted by Gasteiger charge is 2.17. The molecular formula is C16H26ClNO2S. The number of alkyl halides is 1. The lowest BCUT2D eigenvalue weighted by Crippen LogP contribution is -2.23. The van der Waals surface area contributed by atoms with Gasteiger partial charge in [-0.3, -0.25) is 0 Å². The van der Waals surface area contributed by atoms with Crippen LogP contribution in [0.4, 0.5) is 5.69 Å². The standard InChI is InChI=1S/C16H26ClNO2S/c1-4-12-21(19,20)15-8-6-14(7-9-15)18-13-16(2,3)10-5-11-17/h6-9,18H,4-5,10-13H2,1-3H3. The van der Waals surface area contributed by atoms with E-state index in [-0.39, 0.29) is 11.2 Å². The maximum atomic E-state index is 11.9. The minimum atomic E-state index is -3.12. The number of nitrogens with one attached hydrogen (secondary N) is 1. The van der Waals surface area contributed by atoms with E-state index in [9.17, 15) is 8.42 Å².